The molecule has 4 rings (SSSR count). The SMILES string of the molecule is COc1ccc(CN2Sc3sccc3C=C2CN2CCOCC2)cc1. The van der Waals surface area contributed by atoms with Gasteiger partial charge < -0.3 is 13.8 Å². The van der Waals surface area contributed by atoms with Crippen molar-refractivity contribution in [3.05, 3.63) is 52.5 Å². The Kier molecular flexibility index (Phi) is 5.31. The van der Waals surface area contributed by atoms with Gasteiger partial charge in [-0.25, -0.2) is 0 Å². The van der Waals surface area contributed by atoms with Gasteiger partial charge in [0, 0.05) is 30.9 Å². The average molecular weight is 375 g/mol. The van der Waals surface area contributed by atoms with Gasteiger partial charge in [-0.1, -0.05) is 12.1 Å². The third-order valence-electron chi connectivity index (χ3n) is 4.47. The second-order valence-electron chi connectivity index (χ2n) is 6.16. The molecule has 0 spiro atoms. The number of morpholine rings is 1. The Labute approximate surface area is 157 Å². The number of nitrogens with zero attached hydrogens (tertiary/aromatic N) is 2. The zero-order valence-corrected chi connectivity index (χ0v) is 15.9. The van der Waals surface area contributed by atoms with Crippen LogP contribution in [0, 0.1) is 0 Å². The van der Waals surface area contributed by atoms with Crippen molar-refractivity contribution in [3.63, 3.8) is 0 Å². The summed E-state index contributed by atoms with van der Waals surface area (Å²) in [6.45, 7) is 5.55. The van der Waals surface area contributed by atoms with Crippen molar-refractivity contribution in [1.29, 1.82) is 0 Å². The Bertz CT molecular complexity index is 736. The molecule has 25 heavy (non-hydrogen) atoms. The topological polar surface area (TPSA) is 24.9 Å². The van der Waals surface area contributed by atoms with E-state index in [0.29, 0.717) is 0 Å². The largest absolute Gasteiger partial charge is 0.497 e. The summed E-state index contributed by atoms with van der Waals surface area (Å²) < 4.78 is 14.6. The van der Waals surface area contributed by atoms with Crippen LogP contribution in [0.2, 0.25) is 0 Å². The van der Waals surface area contributed by atoms with Crippen molar-refractivity contribution in [3.8, 4) is 5.75 Å². The number of ether oxygens (including phenoxy) is 2. The van der Waals surface area contributed by atoms with E-state index in [1.54, 1.807) is 7.11 Å². The monoisotopic (exact) mass is 374 g/mol. The Morgan fingerprint density at radius 2 is 1.88 bits per heavy atom. The molecule has 0 saturated carbocycles. The van der Waals surface area contributed by atoms with Gasteiger partial charge in [0.2, 0.25) is 0 Å². The lowest BCUT2D eigenvalue weighted by Gasteiger charge is -2.34. The van der Waals surface area contributed by atoms with E-state index in [9.17, 15) is 0 Å². The lowest BCUT2D eigenvalue weighted by Crippen LogP contribution is -2.39. The van der Waals surface area contributed by atoms with E-state index < -0.39 is 0 Å². The summed E-state index contributed by atoms with van der Waals surface area (Å²) in [5.41, 5.74) is 4.01. The summed E-state index contributed by atoms with van der Waals surface area (Å²) in [7, 11) is 1.71. The standard InChI is InChI=1S/C19H22N2O2S2/c1-22-18-4-2-15(3-5-18)13-21-17(14-20-7-9-23-10-8-20)12-16-6-11-24-19(16)25-21/h2-6,11-12H,7-10,13-14H2,1H3. The smallest absolute Gasteiger partial charge is 0.118 e. The molecule has 3 heterocycles. The van der Waals surface area contributed by atoms with Crippen LogP contribution in [0.1, 0.15) is 11.1 Å². The lowest BCUT2D eigenvalue weighted by atomic mass is 10.2. The van der Waals surface area contributed by atoms with Gasteiger partial charge >= 0.3 is 0 Å². The Morgan fingerprint density at radius 1 is 1.08 bits per heavy atom. The first kappa shape index (κ1) is 17.0. The summed E-state index contributed by atoms with van der Waals surface area (Å²) in [4.78, 5) is 2.48. The molecule has 6 heteroatoms. The second kappa shape index (κ2) is 7.83. The van der Waals surface area contributed by atoms with Gasteiger partial charge in [0.25, 0.3) is 0 Å². The van der Waals surface area contributed by atoms with Crippen LogP contribution in [-0.2, 0) is 11.3 Å². The minimum absolute atomic E-state index is 0.836. The zero-order chi connectivity index (χ0) is 17.1. The molecule has 0 amide bonds. The summed E-state index contributed by atoms with van der Waals surface area (Å²) in [5, 5.41) is 2.18. The van der Waals surface area contributed by atoms with Gasteiger partial charge in [0.05, 0.1) is 31.1 Å². The molecular formula is C19H22N2O2S2. The fraction of sp³-hybridized carbons (Fsp3) is 0.368. The van der Waals surface area contributed by atoms with Gasteiger partial charge in [-0.2, -0.15) is 0 Å². The van der Waals surface area contributed by atoms with E-state index in [0.717, 1.165) is 45.1 Å². The highest BCUT2D eigenvalue weighted by molar-refractivity contribution is 7.99. The first-order chi connectivity index (χ1) is 12.3. The predicted molar refractivity (Wildman–Crippen MR) is 104 cm³/mol. The van der Waals surface area contributed by atoms with E-state index >= 15 is 0 Å². The molecule has 2 aliphatic rings. The van der Waals surface area contributed by atoms with Crippen molar-refractivity contribution in [2.45, 2.75) is 10.8 Å². The molecule has 132 valence electrons. The number of hydrogen-bond acceptors (Lipinski definition) is 6. The van der Waals surface area contributed by atoms with Crippen LogP contribution in [0.25, 0.3) is 6.08 Å². The normalized spacial score (nSPS) is 18.0. The summed E-state index contributed by atoms with van der Waals surface area (Å²) in [5.74, 6) is 0.902. The Hall–Kier alpha value is -1.47. The van der Waals surface area contributed by atoms with E-state index in [2.05, 4.69) is 38.9 Å². The average Bonchev–Trinajstić information content (AvgIpc) is 3.10. The molecule has 0 unspecified atom stereocenters. The van der Waals surface area contributed by atoms with Gasteiger partial charge in [-0.3, -0.25) is 4.90 Å². The van der Waals surface area contributed by atoms with Gasteiger partial charge in [-0.05, 0) is 47.2 Å². The van der Waals surface area contributed by atoms with Crippen LogP contribution < -0.4 is 4.74 Å². The summed E-state index contributed by atoms with van der Waals surface area (Å²) in [6, 6.07) is 10.6. The lowest BCUT2D eigenvalue weighted by molar-refractivity contribution is 0.0407. The van der Waals surface area contributed by atoms with E-state index in [1.807, 2.05) is 35.4 Å². The predicted octanol–water partition coefficient (Wildman–Crippen LogP) is 3.95. The molecule has 2 aromatic rings. The maximum absolute atomic E-state index is 5.49. The highest BCUT2D eigenvalue weighted by Crippen LogP contribution is 2.40. The highest BCUT2D eigenvalue weighted by Gasteiger charge is 2.23. The Morgan fingerprint density at radius 3 is 2.64 bits per heavy atom. The number of rotatable bonds is 5. The number of methoxy groups -OCH3 is 1. The molecule has 0 atom stereocenters. The third kappa shape index (κ3) is 4.03. The fourth-order valence-corrected chi connectivity index (χ4v) is 5.12. The number of fused-ring (bicyclic) bond motifs is 1. The van der Waals surface area contributed by atoms with Crippen LogP contribution in [0.4, 0.5) is 0 Å². The molecule has 4 nitrogen and oxygen atoms in total. The summed E-state index contributed by atoms with van der Waals surface area (Å²) >= 11 is 3.68. The van der Waals surface area contributed by atoms with Crippen LogP contribution in [0.3, 0.4) is 0 Å². The maximum atomic E-state index is 5.49. The van der Waals surface area contributed by atoms with Gasteiger partial charge in [0.15, 0.2) is 0 Å². The maximum Gasteiger partial charge on any atom is 0.118 e. The van der Waals surface area contributed by atoms with Crippen molar-refractivity contribution >= 4 is 29.4 Å². The van der Waals surface area contributed by atoms with Crippen LogP contribution in [-0.4, -0.2) is 49.2 Å². The molecule has 0 bridgehead atoms. The molecule has 0 radical (unpaired) electrons. The Balaban J connectivity index is 1.53. The van der Waals surface area contributed by atoms with E-state index in [4.69, 9.17) is 9.47 Å². The van der Waals surface area contributed by atoms with Crippen molar-refractivity contribution in [2.75, 3.05) is 40.0 Å². The molecule has 1 aromatic heterocycles. The van der Waals surface area contributed by atoms with Gasteiger partial charge in [0.1, 0.15) is 5.75 Å². The summed E-state index contributed by atoms with van der Waals surface area (Å²) in [6.07, 6.45) is 2.35. The molecule has 1 saturated heterocycles. The molecular weight excluding hydrogens is 352 g/mol. The zero-order valence-electron chi connectivity index (χ0n) is 14.3. The second-order valence-corrected chi connectivity index (χ2v) is 8.37. The van der Waals surface area contributed by atoms with Crippen LogP contribution in [0.5, 0.6) is 5.75 Å². The van der Waals surface area contributed by atoms with Crippen LogP contribution in [0.15, 0.2) is 45.6 Å². The number of benzene rings is 1. The molecule has 1 aromatic carbocycles. The third-order valence-corrected chi connectivity index (χ3v) is 6.69. The minimum Gasteiger partial charge on any atom is -0.497 e. The number of thiophene rings is 1. The highest BCUT2D eigenvalue weighted by atomic mass is 32.2. The first-order valence-electron chi connectivity index (χ1n) is 8.48. The molecule has 2 aliphatic heterocycles. The quantitative estimate of drug-likeness (QED) is 0.738. The van der Waals surface area contributed by atoms with Crippen molar-refractivity contribution < 1.29 is 9.47 Å². The minimum atomic E-state index is 0.836. The molecule has 0 N–H and O–H groups in total. The van der Waals surface area contributed by atoms with Gasteiger partial charge in [-0.15, -0.1) is 11.3 Å². The number of hydrogen-bond donors (Lipinski definition) is 0. The van der Waals surface area contributed by atoms with Crippen molar-refractivity contribution in [1.82, 2.24) is 9.21 Å². The fourth-order valence-electron chi connectivity index (χ4n) is 3.04. The van der Waals surface area contributed by atoms with E-state index in [1.165, 1.54) is 21.0 Å². The molecule has 1 fully saturated rings. The molecule has 0 aliphatic carbocycles. The first-order valence-corrected chi connectivity index (χ1v) is 10.1. The van der Waals surface area contributed by atoms with Crippen molar-refractivity contribution in [2.24, 2.45) is 0 Å². The van der Waals surface area contributed by atoms with E-state index in [-0.39, 0.29) is 0 Å². The van der Waals surface area contributed by atoms with Crippen LogP contribution >= 0.6 is 23.3 Å².